The van der Waals surface area contributed by atoms with Crippen LogP contribution in [0.4, 0.5) is 30.2 Å². The number of halogens is 4. The zero-order chi connectivity index (χ0) is 13.3. The SMILES string of the molecule is Nc1c(Cl)cccc1Nc1ccc(F)c(F)c1F. The van der Waals surface area contributed by atoms with Crippen LogP contribution in [0.25, 0.3) is 0 Å². The highest BCUT2D eigenvalue weighted by molar-refractivity contribution is 6.33. The highest BCUT2D eigenvalue weighted by Crippen LogP contribution is 2.31. The van der Waals surface area contributed by atoms with Gasteiger partial charge in [-0.05, 0) is 24.3 Å². The van der Waals surface area contributed by atoms with Gasteiger partial charge >= 0.3 is 0 Å². The molecule has 0 fully saturated rings. The van der Waals surface area contributed by atoms with E-state index in [1.54, 1.807) is 18.2 Å². The molecule has 0 heterocycles. The van der Waals surface area contributed by atoms with E-state index in [2.05, 4.69) is 5.32 Å². The summed E-state index contributed by atoms with van der Waals surface area (Å²) in [6, 6.07) is 6.60. The summed E-state index contributed by atoms with van der Waals surface area (Å²) in [5.41, 5.74) is 5.95. The van der Waals surface area contributed by atoms with Crippen molar-refractivity contribution in [3.05, 3.63) is 52.8 Å². The van der Waals surface area contributed by atoms with E-state index in [9.17, 15) is 13.2 Å². The van der Waals surface area contributed by atoms with E-state index in [-0.39, 0.29) is 16.4 Å². The number of nitrogen functional groups attached to an aromatic ring is 1. The van der Waals surface area contributed by atoms with Gasteiger partial charge in [-0.1, -0.05) is 17.7 Å². The summed E-state index contributed by atoms with van der Waals surface area (Å²) in [6.07, 6.45) is 0. The first-order valence-electron chi connectivity index (χ1n) is 4.95. The van der Waals surface area contributed by atoms with E-state index in [4.69, 9.17) is 17.3 Å². The van der Waals surface area contributed by atoms with Crippen LogP contribution >= 0.6 is 11.6 Å². The summed E-state index contributed by atoms with van der Waals surface area (Å²) < 4.78 is 39.2. The Morgan fingerprint density at radius 2 is 1.67 bits per heavy atom. The van der Waals surface area contributed by atoms with Gasteiger partial charge < -0.3 is 11.1 Å². The van der Waals surface area contributed by atoms with Crippen LogP contribution < -0.4 is 11.1 Å². The van der Waals surface area contributed by atoms with Crippen molar-refractivity contribution < 1.29 is 13.2 Å². The van der Waals surface area contributed by atoms with Gasteiger partial charge in [-0.25, -0.2) is 13.2 Å². The maximum atomic E-state index is 13.4. The second-order valence-electron chi connectivity index (χ2n) is 3.55. The van der Waals surface area contributed by atoms with Crippen LogP contribution in [0.2, 0.25) is 5.02 Å². The number of anilines is 3. The molecule has 0 aliphatic carbocycles. The third kappa shape index (κ3) is 2.22. The molecule has 18 heavy (non-hydrogen) atoms. The smallest absolute Gasteiger partial charge is 0.196 e. The summed E-state index contributed by atoms with van der Waals surface area (Å²) in [5, 5.41) is 2.84. The van der Waals surface area contributed by atoms with Crippen molar-refractivity contribution in [2.45, 2.75) is 0 Å². The van der Waals surface area contributed by atoms with Crippen LogP contribution in [0.3, 0.4) is 0 Å². The molecule has 0 saturated heterocycles. The molecule has 0 aliphatic rings. The molecule has 0 bridgehead atoms. The van der Waals surface area contributed by atoms with Gasteiger partial charge in [-0.3, -0.25) is 0 Å². The van der Waals surface area contributed by atoms with Gasteiger partial charge in [0, 0.05) is 0 Å². The van der Waals surface area contributed by atoms with Gasteiger partial charge in [-0.15, -0.1) is 0 Å². The Hall–Kier alpha value is -1.88. The average Bonchev–Trinajstić information content (AvgIpc) is 2.35. The Balaban J connectivity index is 2.41. The molecule has 2 rings (SSSR count). The van der Waals surface area contributed by atoms with E-state index in [0.717, 1.165) is 12.1 Å². The van der Waals surface area contributed by atoms with E-state index in [1.165, 1.54) is 0 Å². The Bertz CT molecular complexity index is 602. The molecular weight excluding hydrogens is 265 g/mol. The lowest BCUT2D eigenvalue weighted by atomic mass is 10.2. The predicted molar refractivity (Wildman–Crippen MR) is 65.5 cm³/mol. The van der Waals surface area contributed by atoms with Crippen LogP contribution in [0.1, 0.15) is 0 Å². The Morgan fingerprint density at radius 3 is 2.39 bits per heavy atom. The lowest BCUT2D eigenvalue weighted by Gasteiger charge is -2.11. The van der Waals surface area contributed by atoms with Crippen LogP contribution in [0, 0.1) is 17.5 Å². The highest BCUT2D eigenvalue weighted by Gasteiger charge is 2.14. The molecular formula is C12H8ClF3N2. The minimum absolute atomic E-state index is 0.197. The molecule has 0 aliphatic heterocycles. The molecule has 2 nitrogen and oxygen atoms in total. The first-order chi connectivity index (χ1) is 8.50. The molecule has 0 radical (unpaired) electrons. The fourth-order valence-corrected chi connectivity index (χ4v) is 1.59. The molecule has 94 valence electrons. The molecule has 6 heteroatoms. The maximum Gasteiger partial charge on any atom is 0.196 e. The molecule has 0 aromatic heterocycles. The minimum Gasteiger partial charge on any atom is -0.396 e. The van der Waals surface area contributed by atoms with Gasteiger partial charge in [0.05, 0.1) is 22.1 Å². The number of benzene rings is 2. The van der Waals surface area contributed by atoms with Gasteiger partial charge in [0.15, 0.2) is 17.5 Å². The Kier molecular flexibility index (Phi) is 3.34. The van der Waals surface area contributed by atoms with Crippen LogP contribution in [-0.4, -0.2) is 0 Å². The predicted octanol–water partition coefficient (Wildman–Crippen LogP) is 4.08. The van der Waals surface area contributed by atoms with Crippen molar-refractivity contribution >= 4 is 28.7 Å². The van der Waals surface area contributed by atoms with Crippen molar-refractivity contribution in [3.63, 3.8) is 0 Å². The first kappa shape index (κ1) is 12.6. The van der Waals surface area contributed by atoms with Crippen molar-refractivity contribution in [1.82, 2.24) is 0 Å². The van der Waals surface area contributed by atoms with Crippen molar-refractivity contribution in [2.24, 2.45) is 0 Å². The van der Waals surface area contributed by atoms with E-state index >= 15 is 0 Å². The summed E-state index contributed by atoms with van der Waals surface area (Å²) in [7, 11) is 0. The number of hydrogen-bond donors (Lipinski definition) is 2. The molecule has 0 atom stereocenters. The summed E-state index contributed by atoms with van der Waals surface area (Å²) in [6.45, 7) is 0. The van der Waals surface area contributed by atoms with Crippen LogP contribution in [-0.2, 0) is 0 Å². The second kappa shape index (κ2) is 4.78. The largest absolute Gasteiger partial charge is 0.396 e. The zero-order valence-corrected chi connectivity index (χ0v) is 9.73. The first-order valence-corrected chi connectivity index (χ1v) is 5.33. The van der Waals surface area contributed by atoms with Crippen molar-refractivity contribution in [1.29, 1.82) is 0 Å². The van der Waals surface area contributed by atoms with E-state index in [1.807, 2.05) is 0 Å². The lowest BCUT2D eigenvalue weighted by Crippen LogP contribution is -2.01. The van der Waals surface area contributed by atoms with E-state index in [0.29, 0.717) is 5.69 Å². The number of para-hydroxylation sites is 1. The second-order valence-corrected chi connectivity index (χ2v) is 3.96. The third-order valence-corrected chi connectivity index (χ3v) is 2.69. The average molecular weight is 273 g/mol. The highest BCUT2D eigenvalue weighted by atomic mass is 35.5. The summed E-state index contributed by atoms with van der Waals surface area (Å²) in [4.78, 5) is 0. The zero-order valence-electron chi connectivity index (χ0n) is 8.98. The van der Waals surface area contributed by atoms with Gasteiger partial charge in [0.1, 0.15) is 0 Å². The summed E-state index contributed by atoms with van der Waals surface area (Å²) in [5.74, 6) is -4.10. The van der Waals surface area contributed by atoms with Crippen molar-refractivity contribution in [3.8, 4) is 0 Å². The standard InChI is InChI=1S/C12H8ClF3N2/c13-6-2-1-3-9(12(6)17)18-8-5-4-7(14)10(15)11(8)16/h1-5,18H,17H2. The summed E-state index contributed by atoms with van der Waals surface area (Å²) >= 11 is 5.78. The quantitative estimate of drug-likeness (QED) is 0.638. The van der Waals surface area contributed by atoms with Crippen LogP contribution in [0.15, 0.2) is 30.3 Å². The molecule has 0 spiro atoms. The number of rotatable bonds is 2. The number of hydrogen-bond acceptors (Lipinski definition) is 2. The van der Waals surface area contributed by atoms with Crippen LogP contribution in [0.5, 0.6) is 0 Å². The topological polar surface area (TPSA) is 38.0 Å². The Labute approximate surface area is 106 Å². The van der Waals surface area contributed by atoms with Gasteiger partial charge in [-0.2, -0.15) is 0 Å². The molecule has 0 amide bonds. The lowest BCUT2D eigenvalue weighted by molar-refractivity contribution is 0.449. The minimum atomic E-state index is -1.54. The maximum absolute atomic E-state index is 13.4. The molecule has 2 aromatic rings. The number of nitrogens with one attached hydrogen (secondary N) is 1. The normalized spacial score (nSPS) is 10.4. The molecule has 3 N–H and O–H groups in total. The monoisotopic (exact) mass is 272 g/mol. The van der Waals surface area contributed by atoms with E-state index < -0.39 is 17.5 Å². The fraction of sp³-hybridized carbons (Fsp3) is 0. The van der Waals surface area contributed by atoms with Crippen molar-refractivity contribution in [2.75, 3.05) is 11.1 Å². The van der Waals surface area contributed by atoms with Gasteiger partial charge in [0.25, 0.3) is 0 Å². The van der Waals surface area contributed by atoms with Gasteiger partial charge in [0.2, 0.25) is 0 Å². The Morgan fingerprint density at radius 1 is 0.944 bits per heavy atom. The fourth-order valence-electron chi connectivity index (χ4n) is 1.41. The number of nitrogens with two attached hydrogens (primary N) is 1. The molecule has 2 aromatic carbocycles. The molecule has 0 saturated carbocycles. The third-order valence-electron chi connectivity index (χ3n) is 2.36. The molecule has 0 unspecified atom stereocenters.